The number of methoxy groups -OCH3 is 1. The van der Waals surface area contributed by atoms with Crippen LogP contribution in [0.5, 0.6) is 11.5 Å². The predicted octanol–water partition coefficient (Wildman–Crippen LogP) is 3.48. The van der Waals surface area contributed by atoms with Crippen LogP contribution in [-0.2, 0) is 17.8 Å². The van der Waals surface area contributed by atoms with E-state index in [4.69, 9.17) is 9.47 Å². The first-order valence-electron chi connectivity index (χ1n) is 9.88. The highest BCUT2D eigenvalue weighted by Crippen LogP contribution is 2.35. The molecular formula is C21H27N3O3. The normalized spacial score (nSPS) is 19.5. The molecule has 1 atom stereocenters. The first-order chi connectivity index (χ1) is 13.3. The average molecular weight is 369 g/mol. The number of para-hydroxylation sites is 1. The lowest BCUT2D eigenvalue weighted by molar-refractivity contribution is -0.123. The Morgan fingerprint density at radius 1 is 1.26 bits per heavy atom. The lowest BCUT2D eigenvalue weighted by Crippen LogP contribution is -2.31. The standard InChI is InChI=1S/C21H27N3O3/c1-26-19-11-4-6-14(20(19)27-15-7-2-3-8-15)12-22-21(25)16-9-5-10-18-17(16)13-23-24-18/h4,6,11,13,15-16H,2-3,5,7-10,12H2,1H3,(H,22,25)(H,23,24). The fraction of sp³-hybridized carbons (Fsp3) is 0.524. The molecule has 0 spiro atoms. The molecule has 6 nitrogen and oxygen atoms in total. The van der Waals surface area contributed by atoms with Crippen LogP contribution in [0.3, 0.4) is 0 Å². The van der Waals surface area contributed by atoms with Crippen molar-refractivity contribution in [3.8, 4) is 11.5 Å². The second-order valence-corrected chi connectivity index (χ2v) is 7.44. The molecule has 2 aliphatic carbocycles. The monoisotopic (exact) mass is 369 g/mol. The van der Waals surface area contributed by atoms with Crippen molar-refractivity contribution in [1.29, 1.82) is 0 Å². The van der Waals surface area contributed by atoms with E-state index in [0.29, 0.717) is 6.54 Å². The number of H-pyrrole nitrogens is 1. The Bertz CT molecular complexity index is 796. The number of amides is 1. The van der Waals surface area contributed by atoms with Crippen LogP contribution < -0.4 is 14.8 Å². The average Bonchev–Trinajstić information content (AvgIpc) is 3.38. The van der Waals surface area contributed by atoms with Crippen molar-refractivity contribution >= 4 is 5.91 Å². The van der Waals surface area contributed by atoms with E-state index < -0.39 is 0 Å². The maximum atomic E-state index is 12.8. The lowest BCUT2D eigenvalue weighted by Gasteiger charge is -2.22. The number of ether oxygens (including phenoxy) is 2. The molecule has 2 aliphatic rings. The fourth-order valence-electron chi connectivity index (χ4n) is 4.21. The smallest absolute Gasteiger partial charge is 0.227 e. The first kappa shape index (κ1) is 17.9. The number of aryl methyl sites for hydroxylation is 1. The minimum absolute atomic E-state index is 0.0481. The number of carbonyl (C=O) groups is 1. The highest BCUT2D eigenvalue weighted by atomic mass is 16.5. The number of aromatic amines is 1. The number of nitrogens with zero attached hydrogens (tertiary/aromatic N) is 1. The minimum Gasteiger partial charge on any atom is -0.493 e. The molecule has 0 bridgehead atoms. The molecule has 2 N–H and O–H groups in total. The van der Waals surface area contributed by atoms with Crippen molar-refractivity contribution in [1.82, 2.24) is 15.5 Å². The van der Waals surface area contributed by atoms with Crippen LogP contribution in [-0.4, -0.2) is 29.3 Å². The van der Waals surface area contributed by atoms with Crippen molar-refractivity contribution in [2.45, 2.75) is 63.5 Å². The summed E-state index contributed by atoms with van der Waals surface area (Å²) >= 11 is 0. The lowest BCUT2D eigenvalue weighted by atomic mass is 9.86. The van der Waals surface area contributed by atoms with Gasteiger partial charge in [0.25, 0.3) is 0 Å². The van der Waals surface area contributed by atoms with E-state index in [0.717, 1.165) is 60.4 Å². The zero-order valence-corrected chi connectivity index (χ0v) is 15.8. The van der Waals surface area contributed by atoms with Crippen LogP contribution in [0, 0.1) is 0 Å². The van der Waals surface area contributed by atoms with Gasteiger partial charge in [0.2, 0.25) is 5.91 Å². The van der Waals surface area contributed by atoms with Crippen molar-refractivity contribution in [2.24, 2.45) is 0 Å². The number of aromatic nitrogens is 2. The Labute approximate surface area is 159 Å². The van der Waals surface area contributed by atoms with Gasteiger partial charge in [-0.15, -0.1) is 0 Å². The summed E-state index contributed by atoms with van der Waals surface area (Å²) in [5.41, 5.74) is 3.08. The topological polar surface area (TPSA) is 76.2 Å². The largest absolute Gasteiger partial charge is 0.493 e. The third-order valence-corrected chi connectivity index (χ3v) is 5.68. The van der Waals surface area contributed by atoms with Crippen LogP contribution in [0.2, 0.25) is 0 Å². The number of benzene rings is 1. The molecule has 27 heavy (non-hydrogen) atoms. The molecule has 2 aromatic rings. The van der Waals surface area contributed by atoms with Gasteiger partial charge in [0.15, 0.2) is 11.5 Å². The van der Waals surface area contributed by atoms with E-state index in [-0.39, 0.29) is 17.9 Å². The van der Waals surface area contributed by atoms with Gasteiger partial charge in [-0.05, 0) is 51.0 Å². The fourth-order valence-corrected chi connectivity index (χ4v) is 4.21. The first-order valence-corrected chi connectivity index (χ1v) is 9.88. The van der Waals surface area contributed by atoms with Crippen molar-refractivity contribution in [3.63, 3.8) is 0 Å². The summed E-state index contributed by atoms with van der Waals surface area (Å²) in [4.78, 5) is 12.8. The molecule has 1 saturated carbocycles. The Kier molecular flexibility index (Phi) is 5.32. The van der Waals surface area contributed by atoms with Gasteiger partial charge in [-0.3, -0.25) is 9.89 Å². The minimum atomic E-state index is -0.127. The Hall–Kier alpha value is -2.50. The molecule has 1 heterocycles. The Balaban J connectivity index is 1.47. The predicted molar refractivity (Wildman–Crippen MR) is 102 cm³/mol. The van der Waals surface area contributed by atoms with Gasteiger partial charge in [0.1, 0.15) is 0 Å². The van der Waals surface area contributed by atoms with E-state index in [2.05, 4.69) is 15.5 Å². The van der Waals surface area contributed by atoms with E-state index in [1.165, 1.54) is 12.8 Å². The molecule has 144 valence electrons. The van der Waals surface area contributed by atoms with Gasteiger partial charge in [-0.1, -0.05) is 12.1 Å². The van der Waals surface area contributed by atoms with Crippen molar-refractivity contribution < 1.29 is 14.3 Å². The SMILES string of the molecule is COc1cccc(CNC(=O)C2CCCc3[nH]ncc32)c1OC1CCCC1. The van der Waals surface area contributed by atoms with E-state index >= 15 is 0 Å². The zero-order chi connectivity index (χ0) is 18.6. The zero-order valence-electron chi connectivity index (χ0n) is 15.8. The molecular weight excluding hydrogens is 342 g/mol. The van der Waals surface area contributed by atoms with Gasteiger partial charge in [0, 0.05) is 23.4 Å². The third kappa shape index (κ3) is 3.80. The second kappa shape index (κ2) is 8.03. The van der Waals surface area contributed by atoms with E-state index in [1.807, 2.05) is 18.2 Å². The quantitative estimate of drug-likeness (QED) is 0.817. The number of hydrogen-bond donors (Lipinski definition) is 2. The number of carbonyl (C=O) groups excluding carboxylic acids is 1. The van der Waals surface area contributed by atoms with Crippen molar-refractivity contribution in [3.05, 3.63) is 41.2 Å². The highest BCUT2D eigenvalue weighted by Gasteiger charge is 2.28. The number of nitrogens with one attached hydrogen (secondary N) is 2. The number of fused-ring (bicyclic) bond motifs is 1. The molecule has 0 radical (unpaired) electrons. The second-order valence-electron chi connectivity index (χ2n) is 7.44. The number of rotatable bonds is 6. The maximum Gasteiger partial charge on any atom is 0.227 e. The van der Waals surface area contributed by atoms with E-state index in [9.17, 15) is 4.79 Å². The van der Waals surface area contributed by atoms with Crippen LogP contribution in [0.15, 0.2) is 24.4 Å². The summed E-state index contributed by atoms with van der Waals surface area (Å²) in [5, 5.41) is 10.2. The maximum absolute atomic E-state index is 12.8. The highest BCUT2D eigenvalue weighted by molar-refractivity contribution is 5.84. The summed E-state index contributed by atoms with van der Waals surface area (Å²) < 4.78 is 11.8. The summed E-state index contributed by atoms with van der Waals surface area (Å²) in [6.45, 7) is 0.432. The molecule has 1 aromatic carbocycles. The molecule has 4 rings (SSSR count). The van der Waals surface area contributed by atoms with Gasteiger partial charge in [-0.25, -0.2) is 0 Å². The van der Waals surface area contributed by atoms with Crippen molar-refractivity contribution in [2.75, 3.05) is 7.11 Å². The van der Waals surface area contributed by atoms with Crippen LogP contribution >= 0.6 is 0 Å². The number of hydrogen-bond acceptors (Lipinski definition) is 4. The molecule has 1 unspecified atom stereocenters. The van der Waals surface area contributed by atoms with E-state index in [1.54, 1.807) is 13.3 Å². The summed E-state index contributed by atoms with van der Waals surface area (Å²) in [6, 6.07) is 5.85. The molecule has 1 amide bonds. The molecule has 0 saturated heterocycles. The van der Waals surface area contributed by atoms with Gasteiger partial charge >= 0.3 is 0 Å². The summed E-state index contributed by atoms with van der Waals surface area (Å²) in [5.74, 6) is 1.41. The van der Waals surface area contributed by atoms with Crippen LogP contribution in [0.25, 0.3) is 0 Å². The molecule has 1 fully saturated rings. The van der Waals surface area contributed by atoms with Gasteiger partial charge < -0.3 is 14.8 Å². The molecule has 0 aliphatic heterocycles. The third-order valence-electron chi connectivity index (χ3n) is 5.68. The summed E-state index contributed by atoms with van der Waals surface area (Å²) in [7, 11) is 1.65. The Morgan fingerprint density at radius 3 is 2.93 bits per heavy atom. The van der Waals surface area contributed by atoms with Crippen LogP contribution in [0.4, 0.5) is 0 Å². The Morgan fingerprint density at radius 2 is 2.11 bits per heavy atom. The molecule has 6 heteroatoms. The van der Waals surface area contributed by atoms with Gasteiger partial charge in [-0.2, -0.15) is 5.10 Å². The van der Waals surface area contributed by atoms with Gasteiger partial charge in [0.05, 0.1) is 25.3 Å². The van der Waals surface area contributed by atoms with Crippen LogP contribution in [0.1, 0.15) is 61.3 Å². The summed E-state index contributed by atoms with van der Waals surface area (Å²) in [6.07, 6.45) is 9.44. The molecule has 1 aromatic heterocycles.